The number of hydrogen-bond donors (Lipinski definition) is 1. The first kappa shape index (κ1) is 8.53. The Balaban J connectivity index is 2.83. The van der Waals surface area contributed by atoms with Gasteiger partial charge in [-0.2, -0.15) is 5.10 Å². The maximum atomic E-state index is 6.01. The van der Waals surface area contributed by atoms with Crippen molar-refractivity contribution in [3.8, 4) is 0 Å². The summed E-state index contributed by atoms with van der Waals surface area (Å²) >= 11 is 6.01. The van der Waals surface area contributed by atoms with E-state index in [1.165, 1.54) is 0 Å². The van der Waals surface area contributed by atoms with Crippen LogP contribution in [0.15, 0.2) is 18.3 Å². The summed E-state index contributed by atoms with van der Waals surface area (Å²) < 4.78 is 1.75. The summed E-state index contributed by atoms with van der Waals surface area (Å²) in [6.07, 6.45) is 1.90. The van der Waals surface area contributed by atoms with Gasteiger partial charge in [0.2, 0.25) is 0 Å². The quantitative estimate of drug-likeness (QED) is 0.753. The minimum atomic E-state index is 0.491. The molecule has 0 fully saturated rings. The van der Waals surface area contributed by atoms with E-state index in [4.69, 9.17) is 17.3 Å². The van der Waals surface area contributed by atoms with Gasteiger partial charge in [-0.15, -0.1) is 0 Å². The molecule has 13 heavy (non-hydrogen) atoms. The van der Waals surface area contributed by atoms with Crippen LogP contribution < -0.4 is 5.73 Å². The highest BCUT2D eigenvalue weighted by atomic mass is 35.5. The van der Waals surface area contributed by atoms with E-state index in [1.807, 2.05) is 25.4 Å². The van der Waals surface area contributed by atoms with E-state index in [-0.39, 0.29) is 0 Å². The number of hydrogen-bond acceptors (Lipinski definition) is 2. The molecule has 0 atom stereocenters. The highest BCUT2D eigenvalue weighted by Crippen LogP contribution is 2.24. The van der Waals surface area contributed by atoms with Crippen LogP contribution in [0.1, 0.15) is 5.56 Å². The van der Waals surface area contributed by atoms with Crippen LogP contribution in [0.4, 0.5) is 0 Å². The second kappa shape index (κ2) is 3.01. The Kier molecular flexibility index (Phi) is 1.98. The fraction of sp³-hybridized carbons (Fsp3) is 0.222. The van der Waals surface area contributed by atoms with E-state index in [9.17, 15) is 0 Å². The molecule has 0 aliphatic heterocycles. The zero-order chi connectivity index (χ0) is 9.42. The maximum Gasteiger partial charge on any atom is 0.0983 e. The third-order valence-corrected chi connectivity index (χ3v) is 2.37. The van der Waals surface area contributed by atoms with Crippen molar-refractivity contribution in [2.24, 2.45) is 12.8 Å². The molecule has 0 saturated heterocycles. The molecule has 0 saturated carbocycles. The third kappa shape index (κ3) is 1.30. The Bertz CT molecular complexity index is 447. The largest absolute Gasteiger partial charge is 0.326 e. The van der Waals surface area contributed by atoms with Crippen molar-refractivity contribution in [3.05, 3.63) is 28.9 Å². The molecular weight excluding hydrogens is 186 g/mol. The minimum Gasteiger partial charge on any atom is -0.326 e. The molecule has 0 aliphatic rings. The molecule has 0 spiro atoms. The second-order valence-electron chi connectivity index (χ2n) is 2.98. The lowest BCUT2D eigenvalue weighted by Gasteiger charge is -1.98. The van der Waals surface area contributed by atoms with Crippen molar-refractivity contribution >= 4 is 22.5 Å². The van der Waals surface area contributed by atoms with Crippen molar-refractivity contribution < 1.29 is 0 Å². The van der Waals surface area contributed by atoms with Gasteiger partial charge in [-0.25, -0.2) is 0 Å². The lowest BCUT2D eigenvalue weighted by atomic mass is 10.1. The highest BCUT2D eigenvalue weighted by Gasteiger charge is 2.06. The predicted octanol–water partition coefficient (Wildman–Crippen LogP) is 1.69. The fourth-order valence-electron chi connectivity index (χ4n) is 1.41. The first-order valence-corrected chi connectivity index (χ1v) is 4.41. The van der Waals surface area contributed by atoms with E-state index in [1.54, 1.807) is 4.68 Å². The van der Waals surface area contributed by atoms with Crippen LogP contribution in [0.5, 0.6) is 0 Å². The normalized spacial score (nSPS) is 11.0. The first-order valence-electron chi connectivity index (χ1n) is 4.03. The van der Waals surface area contributed by atoms with Crippen molar-refractivity contribution in [2.45, 2.75) is 6.54 Å². The third-order valence-electron chi connectivity index (χ3n) is 2.04. The van der Waals surface area contributed by atoms with Crippen LogP contribution >= 0.6 is 11.6 Å². The SMILES string of the molecule is Cn1cc2c(Cl)ccc(CN)c2n1. The van der Waals surface area contributed by atoms with E-state index >= 15 is 0 Å². The summed E-state index contributed by atoms with van der Waals surface area (Å²) in [5.41, 5.74) is 7.51. The molecule has 0 bridgehead atoms. The van der Waals surface area contributed by atoms with Gasteiger partial charge in [-0.05, 0) is 11.6 Å². The van der Waals surface area contributed by atoms with Gasteiger partial charge in [-0.1, -0.05) is 17.7 Å². The molecule has 1 aromatic carbocycles. The van der Waals surface area contributed by atoms with Crippen molar-refractivity contribution in [1.82, 2.24) is 9.78 Å². The first-order chi connectivity index (χ1) is 6.22. The second-order valence-corrected chi connectivity index (χ2v) is 3.38. The molecule has 0 aliphatic carbocycles. The van der Waals surface area contributed by atoms with Crippen LogP contribution in [0.2, 0.25) is 5.02 Å². The van der Waals surface area contributed by atoms with E-state index in [2.05, 4.69) is 5.10 Å². The molecular formula is C9H10ClN3. The molecule has 3 nitrogen and oxygen atoms in total. The van der Waals surface area contributed by atoms with Gasteiger partial charge in [0.15, 0.2) is 0 Å². The molecule has 2 rings (SSSR count). The summed E-state index contributed by atoms with van der Waals surface area (Å²) in [7, 11) is 1.87. The number of aromatic nitrogens is 2. The van der Waals surface area contributed by atoms with Gasteiger partial charge in [0.25, 0.3) is 0 Å². The van der Waals surface area contributed by atoms with Crippen molar-refractivity contribution in [3.63, 3.8) is 0 Å². The molecule has 1 aromatic heterocycles. The van der Waals surface area contributed by atoms with Crippen LogP contribution in [0, 0.1) is 0 Å². The maximum absolute atomic E-state index is 6.01. The average molecular weight is 196 g/mol. The Morgan fingerprint density at radius 2 is 2.31 bits per heavy atom. The number of nitrogens with two attached hydrogens (primary N) is 1. The van der Waals surface area contributed by atoms with Crippen LogP contribution in [-0.4, -0.2) is 9.78 Å². The van der Waals surface area contributed by atoms with Crippen LogP contribution in [0.3, 0.4) is 0 Å². The monoisotopic (exact) mass is 195 g/mol. The zero-order valence-electron chi connectivity index (χ0n) is 7.29. The molecule has 1 heterocycles. The summed E-state index contributed by atoms with van der Waals surface area (Å²) in [5, 5.41) is 5.98. The molecule has 0 amide bonds. The summed E-state index contributed by atoms with van der Waals surface area (Å²) in [6.45, 7) is 0.491. The lowest BCUT2D eigenvalue weighted by molar-refractivity contribution is 0.778. The molecule has 0 unspecified atom stereocenters. The predicted molar refractivity (Wildman–Crippen MR) is 53.6 cm³/mol. The topological polar surface area (TPSA) is 43.8 Å². The van der Waals surface area contributed by atoms with Gasteiger partial charge in [-0.3, -0.25) is 4.68 Å². The smallest absolute Gasteiger partial charge is 0.0983 e. The van der Waals surface area contributed by atoms with Gasteiger partial charge in [0, 0.05) is 25.2 Å². The van der Waals surface area contributed by atoms with Crippen molar-refractivity contribution in [1.29, 1.82) is 0 Å². The lowest BCUT2D eigenvalue weighted by Crippen LogP contribution is -1.97. The highest BCUT2D eigenvalue weighted by molar-refractivity contribution is 6.35. The number of nitrogens with zero attached hydrogens (tertiary/aromatic N) is 2. The Morgan fingerprint density at radius 1 is 1.54 bits per heavy atom. The number of rotatable bonds is 1. The number of benzene rings is 1. The Labute approximate surface area is 81.1 Å². The minimum absolute atomic E-state index is 0.491. The number of aryl methyl sites for hydroxylation is 1. The number of halogens is 1. The molecule has 68 valence electrons. The number of fused-ring (bicyclic) bond motifs is 1. The summed E-state index contributed by atoms with van der Waals surface area (Å²) in [5.74, 6) is 0. The van der Waals surface area contributed by atoms with Gasteiger partial charge < -0.3 is 5.73 Å². The van der Waals surface area contributed by atoms with Gasteiger partial charge >= 0.3 is 0 Å². The van der Waals surface area contributed by atoms with E-state index in [0.29, 0.717) is 6.54 Å². The van der Waals surface area contributed by atoms with E-state index < -0.39 is 0 Å². The Hall–Kier alpha value is -1.06. The van der Waals surface area contributed by atoms with E-state index in [0.717, 1.165) is 21.5 Å². The summed E-state index contributed by atoms with van der Waals surface area (Å²) in [6, 6.07) is 3.77. The zero-order valence-corrected chi connectivity index (χ0v) is 8.04. The molecule has 0 radical (unpaired) electrons. The van der Waals surface area contributed by atoms with Crippen LogP contribution in [-0.2, 0) is 13.6 Å². The fourth-order valence-corrected chi connectivity index (χ4v) is 1.61. The Morgan fingerprint density at radius 3 is 3.00 bits per heavy atom. The van der Waals surface area contributed by atoms with Gasteiger partial charge in [0.1, 0.15) is 0 Å². The average Bonchev–Trinajstić information content (AvgIpc) is 2.48. The molecule has 4 heteroatoms. The van der Waals surface area contributed by atoms with Crippen molar-refractivity contribution in [2.75, 3.05) is 0 Å². The van der Waals surface area contributed by atoms with Gasteiger partial charge in [0.05, 0.1) is 10.5 Å². The standard InChI is InChI=1S/C9H10ClN3/c1-13-5-7-8(10)3-2-6(4-11)9(7)12-13/h2-3,5H,4,11H2,1H3. The van der Waals surface area contributed by atoms with Crippen LogP contribution in [0.25, 0.3) is 10.9 Å². The molecule has 2 aromatic rings. The summed E-state index contributed by atoms with van der Waals surface area (Å²) in [4.78, 5) is 0. The molecule has 2 N–H and O–H groups in total.